The largest absolute Gasteiger partial charge is 0.389 e. The lowest BCUT2D eigenvalue weighted by atomic mass is 10.3. The standard InChI is InChI=1S/C14H19N5S/c1-10-8-11(2)19(18-10)7-3-6-16-13-5-4-12(9-17-13)14(15)20/h4-5,8-9H,3,6-7H2,1-2H3,(H2,15,20)(H,16,17). The summed E-state index contributed by atoms with van der Waals surface area (Å²) in [4.78, 5) is 4.63. The molecule has 106 valence electrons. The summed E-state index contributed by atoms with van der Waals surface area (Å²) in [6, 6.07) is 5.85. The second-order valence-corrected chi connectivity index (χ2v) is 5.17. The fourth-order valence-corrected chi connectivity index (χ4v) is 2.11. The second-order valence-electron chi connectivity index (χ2n) is 4.73. The molecular formula is C14H19N5S. The summed E-state index contributed by atoms with van der Waals surface area (Å²) in [7, 11) is 0. The zero-order valence-corrected chi connectivity index (χ0v) is 12.6. The number of nitrogens with two attached hydrogens (primary N) is 1. The van der Waals surface area contributed by atoms with Crippen LogP contribution in [0.5, 0.6) is 0 Å². The van der Waals surface area contributed by atoms with Crippen molar-refractivity contribution in [2.24, 2.45) is 5.73 Å². The van der Waals surface area contributed by atoms with Crippen molar-refractivity contribution < 1.29 is 0 Å². The molecule has 0 aliphatic rings. The van der Waals surface area contributed by atoms with Gasteiger partial charge >= 0.3 is 0 Å². The highest BCUT2D eigenvalue weighted by atomic mass is 32.1. The average molecular weight is 289 g/mol. The van der Waals surface area contributed by atoms with E-state index in [9.17, 15) is 0 Å². The molecule has 0 spiro atoms. The van der Waals surface area contributed by atoms with Gasteiger partial charge in [0.2, 0.25) is 0 Å². The fraction of sp³-hybridized carbons (Fsp3) is 0.357. The molecule has 0 aliphatic heterocycles. The van der Waals surface area contributed by atoms with Gasteiger partial charge in [-0.3, -0.25) is 4.68 Å². The average Bonchev–Trinajstić information content (AvgIpc) is 2.73. The maximum Gasteiger partial charge on any atom is 0.125 e. The van der Waals surface area contributed by atoms with Crippen LogP contribution in [0.2, 0.25) is 0 Å². The van der Waals surface area contributed by atoms with E-state index in [0.29, 0.717) is 4.99 Å². The molecule has 3 N–H and O–H groups in total. The van der Waals surface area contributed by atoms with Crippen molar-refractivity contribution in [3.8, 4) is 0 Å². The minimum atomic E-state index is 0.369. The molecule has 20 heavy (non-hydrogen) atoms. The maximum atomic E-state index is 5.53. The van der Waals surface area contributed by atoms with Crippen LogP contribution >= 0.6 is 12.2 Å². The van der Waals surface area contributed by atoms with Crippen molar-refractivity contribution in [1.82, 2.24) is 14.8 Å². The molecule has 0 aromatic carbocycles. The molecule has 0 aliphatic carbocycles. The van der Waals surface area contributed by atoms with Crippen LogP contribution < -0.4 is 11.1 Å². The Morgan fingerprint density at radius 2 is 2.20 bits per heavy atom. The molecule has 0 saturated carbocycles. The Bertz CT molecular complexity index is 588. The summed E-state index contributed by atoms with van der Waals surface area (Å²) in [5.74, 6) is 0.832. The lowest BCUT2D eigenvalue weighted by Crippen LogP contribution is -2.11. The number of aryl methyl sites for hydroxylation is 3. The van der Waals surface area contributed by atoms with Gasteiger partial charge in [-0.05, 0) is 38.5 Å². The Morgan fingerprint density at radius 3 is 2.75 bits per heavy atom. The number of rotatable bonds is 6. The third kappa shape index (κ3) is 3.77. The van der Waals surface area contributed by atoms with Gasteiger partial charge in [0.05, 0.1) is 5.69 Å². The van der Waals surface area contributed by atoms with Gasteiger partial charge in [-0.2, -0.15) is 5.10 Å². The molecule has 5 nitrogen and oxygen atoms in total. The van der Waals surface area contributed by atoms with Gasteiger partial charge in [-0.1, -0.05) is 12.2 Å². The number of thiocarbonyl (C=S) groups is 1. The molecule has 0 radical (unpaired) electrons. The molecule has 0 atom stereocenters. The Hall–Kier alpha value is -1.95. The summed E-state index contributed by atoms with van der Waals surface area (Å²) < 4.78 is 2.03. The summed E-state index contributed by atoms with van der Waals surface area (Å²) >= 11 is 4.89. The molecule has 2 aromatic heterocycles. The van der Waals surface area contributed by atoms with Gasteiger partial charge in [0.25, 0.3) is 0 Å². The highest BCUT2D eigenvalue weighted by Gasteiger charge is 2.01. The minimum Gasteiger partial charge on any atom is -0.389 e. The van der Waals surface area contributed by atoms with Gasteiger partial charge in [0, 0.05) is 30.5 Å². The highest BCUT2D eigenvalue weighted by molar-refractivity contribution is 7.80. The predicted octanol–water partition coefficient (Wildman–Crippen LogP) is 2.03. The molecule has 0 amide bonds. The first-order valence-electron chi connectivity index (χ1n) is 6.57. The first-order chi connectivity index (χ1) is 9.56. The van der Waals surface area contributed by atoms with E-state index in [1.165, 1.54) is 5.69 Å². The number of hydrogen-bond acceptors (Lipinski definition) is 4. The summed E-state index contributed by atoms with van der Waals surface area (Å²) in [6.45, 7) is 5.83. The molecule has 0 fully saturated rings. The number of anilines is 1. The quantitative estimate of drug-likeness (QED) is 0.629. The lowest BCUT2D eigenvalue weighted by molar-refractivity contribution is 0.573. The van der Waals surface area contributed by atoms with Gasteiger partial charge < -0.3 is 11.1 Å². The Labute approximate surface area is 124 Å². The number of aromatic nitrogens is 3. The first-order valence-corrected chi connectivity index (χ1v) is 6.98. The highest BCUT2D eigenvalue weighted by Crippen LogP contribution is 2.06. The molecule has 0 bridgehead atoms. The van der Waals surface area contributed by atoms with Crippen molar-refractivity contribution in [2.75, 3.05) is 11.9 Å². The van der Waals surface area contributed by atoms with Crippen LogP contribution in [0.3, 0.4) is 0 Å². The lowest BCUT2D eigenvalue weighted by Gasteiger charge is -2.07. The van der Waals surface area contributed by atoms with Crippen LogP contribution in [0.4, 0.5) is 5.82 Å². The zero-order chi connectivity index (χ0) is 14.5. The van der Waals surface area contributed by atoms with E-state index in [0.717, 1.165) is 36.6 Å². The topological polar surface area (TPSA) is 68.8 Å². The summed E-state index contributed by atoms with van der Waals surface area (Å²) in [5.41, 5.74) is 8.57. The molecular weight excluding hydrogens is 270 g/mol. The third-order valence-corrected chi connectivity index (χ3v) is 3.24. The zero-order valence-electron chi connectivity index (χ0n) is 11.8. The van der Waals surface area contributed by atoms with E-state index in [1.807, 2.05) is 23.7 Å². The Kier molecular flexibility index (Phi) is 4.68. The fourth-order valence-electron chi connectivity index (χ4n) is 1.99. The second kappa shape index (κ2) is 6.47. The van der Waals surface area contributed by atoms with E-state index < -0.39 is 0 Å². The van der Waals surface area contributed by atoms with Crippen LogP contribution in [0.15, 0.2) is 24.4 Å². The minimum absolute atomic E-state index is 0.369. The van der Waals surface area contributed by atoms with Crippen molar-refractivity contribution in [3.05, 3.63) is 41.3 Å². The normalized spacial score (nSPS) is 10.5. The van der Waals surface area contributed by atoms with Crippen molar-refractivity contribution in [1.29, 1.82) is 0 Å². The number of nitrogens with one attached hydrogen (secondary N) is 1. The summed E-state index contributed by atoms with van der Waals surface area (Å²) in [6.07, 6.45) is 2.67. The van der Waals surface area contributed by atoms with Crippen LogP contribution in [-0.2, 0) is 6.54 Å². The molecule has 0 saturated heterocycles. The number of nitrogens with zero attached hydrogens (tertiary/aromatic N) is 3. The maximum absolute atomic E-state index is 5.53. The summed E-state index contributed by atoms with van der Waals surface area (Å²) in [5, 5.41) is 7.70. The first kappa shape index (κ1) is 14.5. The van der Waals surface area contributed by atoms with E-state index >= 15 is 0 Å². The van der Waals surface area contributed by atoms with Crippen molar-refractivity contribution in [2.45, 2.75) is 26.8 Å². The third-order valence-electron chi connectivity index (χ3n) is 3.00. The monoisotopic (exact) mass is 289 g/mol. The van der Waals surface area contributed by atoms with Crippen LogP contribution in [0, 0.1) is 13.8 Å². The number of hydrogen-bond donors (Lipinski definition) is 2. The van der Waals surface area contributed by atoms with Crippen LogP contribution in [0.1, 0.15) is 23.4 Å². The molecule has 2 heterocycles. The van der Waals surface area contributed by atoms with Gasteiger partial charge in [0.1, 0.15) is 10.8 Å². The van der Waals surface area contributed by atoms with E-state index in [2.05, 4.69) is 28.4 Å². The Morgan fingerprint density at radius 1 is 1.40 bits per heavy atom. The predicted molar refractivity (Wildman–Crippen MR) is 84.9 cm³/mol. The Balaban J connectivity index is 1.78. The van der Waals surface area contributed by atoms with E-state index in [4.69, 9.17) is 18.0 Å². The molecule has 2 aromatic rings. The van der Waals surface area contributed by atoms with Gasteiger partial charge in [-0.25, -0.2) is 4.98 Å². The van der Waals surface area contributed by atoms with Gasteiger partial charge in [-0.15, -0.1) is 0 Å². The van der Waals surface area contributed by atoms with Crippen LogP contribution in [-0.4, -0.2) is 26.3 Å². The van der Waals surface area contributed by atoms with Crippen LogP contribution in [0.25, 0.3) is 0 Å². The smallest absolute Gasteiger partial charge is 0.125 e. The van der Waals surface area contributed by atoms with Gasteiger partial charge in [0.15, 0.2) is 0 Å². The number of pyridine rings is 1. The van der Waals surface area contributed by atoms with E-state index in [-0.39, 0.29) is 0 Å². The molecule has 6 heteroatoms. The van der Waals surface area contributed by atoms with Crippen molar-refractivity contribution in [3.63, 3.8) is 0 Å². The molecule has 2 rings (SSSR count). The SMILES string of the molecule is Cc1cc(C)n(CCCNc2ccc(C(N)=S)cn2)n1. The van der Waals surface area contributed by atoms with Crippen molar-refractivity contribution >= 4 is 23.0 Å². The van der Waals surface area contributed by atoms with E-state index in [1.54, 1.807) is 6.20 Å². The molecule has 0 unspecified atom stereocenters.